The summed E-state index contributed by atoms with van der Waals surface area (Å²) in [7, 11) is 0. The molecule has 0 saturated carbocycles. The van der Waals surface area contributed by atoms with Crippen molar-refractivity contribution in [3.63, 3.8) is 0 Å². The van der Waals surface area contributed by atoms with E-state index in [1.807, 2.05) is 0 Å². The van der Waals surface area contributed by atoms with E-state index in [9.17, 15) is 18.0 Å². The molecule has 0 spiro atoms. The Morgan fingerprint density at radius 3 is 2.29 bits per heavy atom. The lowest BCUT2D eigenvalue weighted by Crippen LogP contribution is -2.28. The van der Waals surface area contributed by atoms with Crippen LogP contribution in [0.25, 0.3) is 0 Å². The lowest BCUT2D eigenvalue weighted by atomic mass is 10.2. The monoisotopic (exact) mass is 377 g/mol. The number of carbonyl (C=O) groups excluding carboxylic acids is 1. The first-order chi connectivity index (χ1) is 11.3. The normalized spacial score (nSPS) is 11.2. The van der Waals surface area contributed by atoms with Crippen molar-refractivity contribution < 1.29 is 18.0 Å². The van der Waals surface area contributed by atoms with Gasteiger partial charge in [0.05, 0.1) is 5.56 Å². The molecule has 0 saturated heterocycles. The number of hydrogen-bond acceptors (Lipinski definition) is 3. The zero-order chi connectivity index (χ0) is 17.7. The molecule has 128 valence electrons. The van der Waals surface area contributed by atoms with Crippen LogP contribution in [0.5, 0.6) is 0 Å². The van der Waals surface area contributed by atoms with Crippen molar-refractivity contribution in [3.8, 4) is 0 Å². The number of halogens is 5. The Balaban J connectivity index is 1.81. The second-order valence-electron chi connectivity index (χ2n) is 4.77. The van der Waals surface area contributed by atoms with Gasteiger partial charge >= 0.3 is 6.18 Å². The van der Waals surface area contributed by atoms with Crippen LogP contribution >= 0.6 is 23.2 Å². The molecule has 4 nitrogen and oxygen atoms in total. The molecule has 0 radical (unpaired) electrons. The lowest BCUT2D eigenvalue weighted by Gasteiger charge is -2.09. The Labute approximate surface area is 146 Å². The molecule has 1 amide bonds. The van der Waals surface area contributed by atoms with Crippen LogP contribution in [-0.4, -0.2) is 24.0 Å². The number of benzene rings is 1. The van der Waals surface area contributed by atoms with Crippen LogP contribution in [0.4, 0.5) is 19.0 Å². The summed E-state index contributed by atoms with van der Waals surface area (Å²) in [6.07, 6.45) is -3.67. The van der Waals surface area contributed by atoms with E-state index in [1.165, 1.54) is 24.3 Å². The van der Waals surface area contributed by atoms with Crippen molar-refractivity contribution in [3.05, 3.63) is 57.7 Å². The van der Waals surface area contributed by atoms with E-state index in [0.717, 1.165) is 12.3 Å². The molecule has 0 aliphatic carbocycles. The van der Waals surface area contributed by atoms with Gasteiger partial charge in [-0.15, -0.1) is 0 Å². The molecule has 2 N–H and O–H groups in total. The number of nitrogens with zero attached hydrogens (tertiary/aromatic N) is 1. The molecule has 0 bridgehead atoms. The van der Waals surface area contributed by atoms with E-state index in [1.54, 1.807) is 0 Å². The third-order valence-corrected chi connectivity index (χ3v) is 3.37. The molecule has 0 fully saturated rings. The largest absolute Gasteiger partial charge is 0.417 e. The number of aromatic nitrogens is 1. The number of rotatable bonds is 5. The number of pyridine rings is 1. The van der Waals surface area contributed by atoms with Gasteiger partial charge in [0.2, 0.25) is 0 Å². The molecular formula is C15H12Cl2F3N3O. The Hall–Kier alpha value is -1.99. The van der Waals surface area contributed by atoms with Crippen molar-refractivity contribution in [2.45, 2.75) is 6.18 Å². The highest BCUT2D eigenvalue weighted by molar-refractivity contribution is 6.35. The maximum atomic E-state index is 12.4. The molecule has 1 aromatic carbocycles. The van der Waals surface area contributed by atoms with Crippen LogP contribution < -0.4 is 10.6 Å². The minimum Gasteiger partial charge on any atom is -0.368 e. The zero-order valence-electron chi connectivity index (χ0n) is 12.1. The van der Waals surface area contributed by atoms with Crippen molar-refractivity contribution in [1.82, 2.24) is 10.3 Å². The van der Waals surface area contributed by atoms with Crippen molar-refractivity contribution >= 4 is 34.9 Å². The summed E-state index contributed by atoms with van der Waals surface area (Å²) in [5.74, 6) is -0.0790. The second-order valence-corrected chi connectivity index (χ2v) is 5.64. The molecule has 2 aromatic rings. The Morgan fingerprint density at radius 2 is 1.75 bits per heavy atom. The SMILES string of the molecule is O=C(NCCNc1ccc(C(F)(F)F)cn1)c1cc(Cl)cc(Cl)c1. The molecule has 0 unspecified atom stereocenters. The standard InChI is InChI=1S/C15H12Cl2F3N3O/c16-11-5-9(6-12(17)7-11)14(24)22-4-3-21-13-2-1-10(8-23-13)15(18,19)20/h1-2,5-8H,3-4H2,(H,21,23)(H,22,24). The Kier molecular flexibility index (Phi) is 5.90. The van der Waals surface area contributed by atoms with Gasteiger partial charge in [-0.3, -0.25) is 4.79 Å². The van der Waals surface area contributed by atoms with Gasteiger partial charge in [-0.25, -0.2) is 4.98 Å². The van der Waals surface area contributed by atoms with E-state index < -0.39 is 11.7 Å². The van der Waals surface area contributed by atoms with Crippen molar-refractivity contribution in [2.75, 3.05) is 18.4 Å². The van der Waals surface area contributed by atoms with Gasteiger partial charge in [0, 0.05) is 34.9 Å². The lowest BCUT2D eigenvalue weighted by molar-refractivity contribution is -0.137. The number of nitrogens with one attached hydrogen (secondary N) is 2. The maximum absolute atomic E-state index is 12.4. The zero-order valence-corrected chi connectivity index (χ0v) is 13.6. The van der Waals surface area contributed by atoms with E-state index in [4.69, 9.17) is 23.2 Å². The summed E-state index contributed by atoms with van der Waals surface area (Å²) >= 11 is 11.6. The summed E-state index contributed by atoms with van der Waals surface area (Å²) in [5.41, 5.74) is -0.501. The second kappa shape index (κ2) is 7.72. The predicted molar refractivity (Wildman–Crippen MR) is 86.5 cm³/mol. The number of hydrogen-bond donors (Lipinski definition) is 2. The van der Waals surface area contributed by atoms with Crippen LogP contribution in [0.2, 0.25) is 10.0 Å². The van der Waals surface area contributed by atoms with Gasteiger partial charge in [0.25, 0.3) is 5.91 Å². The number of amides is 1. The van der Waals surface area contributed by atoms with Crippen LogP contribution in [0, 0.1) is 0 Å². The van der Waals surface area contributed by atoms with Crippen molar-refractivity contribution in [1.29, 1.82) is 0 Å². The van der Waals surface area contributed by atoms with Gasteiger partial charge in [0.15, 0.2) is 0 Å². The van der Waals surface area contributed by atoms with E-state index in [-0.39, 0.29) is 18.3 Å². The van der Waals surface area contributed by atoms with Gasteiger partial charge in [0.1, 0.15) is 5.82 Å². The smallest absolute Gasteiger partial charge is 0.368 e. The quantitative estimate of drug-likeness (QED) is 0.765. The molecule has 9 heteroatoms. The number of alkyl halides is 3. The van der Waals surface area contributed by atoms with Gasteiger partial charge in [-0.1, -0.05) is 23.2 Å². The third-order valence-electron chi connectivity index (χ3n) is 2.93. The molecule has 2 rings (SSSR count). The molecular weight excluding hydrogens is 366 g/mol. The highest BCUT2D eigenvalue weighted by atomic mass is 35.5. The van der Waals surface area contributed by atoms with Crippen LogP contribution in [0.3, 0.4) is 0 Å². The van der Waals surface area contributed by atoms with Gasteiger partial charge < -0.3 is 10.6 Å². The minimum absolute atomic E-state index is 0.242. The molecule has 0 atom stereocenters. The average molecular weight is 378 g/mol. The molecule has 24 heavy (non-hydrogen) atoms. The molecule has 0 aliphatic rings. The van der Waals surface area contributed by atoms with Crippen LogP contribution in [0.15, 0.2) is 36.5 Å². The highest BCUT2D eigenvalue weighted by Gasteiger charge is 2.30. The van der Waals surface area contributed by atoms with Crippen molar-refractivity contribution in [2.24, 2.45) is 0 Å². The van der Waals surface area contributed by atoms with Gasteiger partial charge in [-0.2, -0.15) is 13.2 Å². The van der Waals surface area contributed by atoms with Crippen LogP contribution in [-0.2, 0) is 6.18 Å². The first-order valence-electron chi connectivity index (χ1n) is 6.77. The topological polar surface area (TPSA) is 54.0 Å². The Morgan fingerprint density at radius 1 is 1.08 bits per heavy atom. The average Bonchev–Trinajstić information content (AvgIpc) is 2.50. The number of carbonyl (C=O) groups is 1. The fraction of sp³-hybridized carbons (Fsp3) is 0.200. The third kappa shape index (κ3) is 5.28. The maximum Gasteiger partial charge on any atom is 0.417 e. The first kappa shape index (κ1) is 18.4. The van der Waals surface area contributed by atoms with Gasteiger partial charge in [-0.05, 0) is 30.3 Å². The summed E-state index contributed by atoms with van der Waals surface area (Å²) in [6, 6.07) is 6.63. The fourth-order valence-corrected chi connectivity index (χ4v) is 2.35. The molecule has 0 aliphatic heterocycles. The molecule has 1 heterocycles. The fourth-order valence-electron chi connectivity index (χ4n) is 1.82. The first-order valence-corrected chi connectivity index (χ1v) is 7.53. The number of anilines is 1. The van der Waals surface area contributed by atoms with E-state index >= 15 is 0 Å². The van der Waals surface area contributed by atoms with Crippen LogP contribution in [0.1, 0.15) is 15.9 Å². The molecule has 1 aromatic heterocycles. The summed E-state index contributed by atoms with van der Waals surface area (Å²) < 4.78 is 37.2. The summed E-state index contributed by atoms with van der Waals surface area (Å²) in [5, 5.41) is 6.13. The highest BCUT2D eigenvalue weighted by Crippen LogP contribution is 2.28. The van der Waals surface area contributed by atoms with E-state index in [0.29, 0.717) is 22.2 Å². The minimum atomic E-state index is -4.42. The summed E-state index contributed by atoms with van der Waals surface area (Å²) in [4.78, 5) is 15.6. The Bertz CT molecular complexity index is 701. The van der Waals surface area contributed by atoms with E-state index in [2.05, 4.69) is 15.6 Å². The summed E-state index contributed by atoms with van der Waals surface area (Å²) in [6.45, 7) is 0.532. The predicted octanol–water partition coefficient (Wildman–Crippen LogP) is 4.25.